The fraction of sp³-hybridized carbons (Fsp3) is 0.370. The van der Waals surface area contributed by atoms with Gasteiger partial charge in [0.25, 0.3) is 0 Å². The number of fused-ring (bicyclic) bond motifs is 1. The molecular formula is C27H30N4O2. The van der Waals surface area contributed by atoms with Gasteiger partial charge in [0.2, 0.25) is 17.7 Å². The van der Waals surface area contributed by atoms with Gasteiger partial charge in [-0.1, -0.05) is 48.5 Å². The van der Waals surface area contributed by atoms with Crippen LogP contribution >= 0.6 is 0 Å². The molecule has 6 nitrogen and oxygen atoms in total. The molecule has 2 aliphatic rings. The molecule has 0 saturated carbocycles. The molecule has 1 aromatic heterocycles. The molecule has 0 aliphatic carbocycles. The summed E-state index contributed by atoms with van der Waals surface area (Å²) in [6.07, 6.45) is 4.69. The van der Waals surface area contributed by atoms with Gasteiger partial charge in [0.15, 0.2) is 0 Å². The average Bonchev–Trinajstić information content (AvgIpc) is 2.86. The Balaban J connectivity index is 1.45. The molecule has 33 heavy (non-hydrogen) atoms. The standard InChI is InChI=1S/C27H30N4O2/c1-20-10-6-7-13-24(20)33-26-22-19-31(25(32)18-21-11-4-2-5-12-21)17-14-23(22)28-27(29-26)30-15-8-3-9-16-30/h2,4-7,10-13H,3,8-9,14-19H2,1H3. The summed E-state index contributed by atoms with van der Waals surface area (Å²) in [5, 5.41) is 0. The maximum Gasteiger partial charge on any atom is 0.229 e. The number of rotatable bonds is 5. The molecule has 2 aromatic carbocycles. The van der Waals surface area contributed by atoms with Crippen molar-refractivity contribution in [2.75, 3.05) is 24.5 Å². The number of hydrogen-bond donors (Lipinski definition) is 0. The summed E-state index contributed by atoms with van der Waals surface area (Å²) in [6.45, 7) is 5.13. The van der Waals surface area contributed by atoms with E-state index in [-0.39, 0.29) is 5.91 Å². The van der Waals surface area contributed by atoms with E-state index in [9.17, 15) is 4.79 Å². The van der Waals surface area contributed by atoms with E-state index in [1.165, 1.54) is 6.42 Å². The molecule has 0 unspecified atom stereocenters. The number of para-hydroxylation sites is 1. The van der Waals surface area contributed by atoms with Crippen LogP contribution in [0.2, 0.25) is 0 Å². The average molecular weight is 443 g/mol. The highest BCUT2D eigenvalue weighted by Gasteiger charge is 2.28. The smallest absolute Gasteiger partial charge is 0.229 e. The Labute approximate surface area is 195 Å². The summed E-state index contributed by atoms with van der Waals surface area (Å²) in [5.74, 6) is 2.23. The van der Waals surface area contributed by atoms with Crippen LogP contribution in [-0.4, -0.2) is 40.4 Å². The van der Waals surface area contributed by atoms with Crippen LogP contribution in [0.15, 0.2) is 54.6 Å². The number of carbonyl (C=O) groups excluding carboxylic acids is 1. The van der Waals surface area contributed by atoms with Crippen molar-refractivity contribution < 1.29 is 9.53 Å². The highest BCUT2D eigenvalue weighted by Crippen LogP contribution is 2.33. The van der Waals surface area contributed by atoms with Gasteiger partial charge in [0.05, 0.1) is 24.2 Å². The quantitative estimate of drug-likeness (QED) is 0.574. The normalized spacial score (nSPS) is 15.8. The molecule has 3 aromatic rings. The number of carbonyl (C=O) groups is 1. The number of aromatic nitrogens is 2. The molecule has 0 atom stereocenters. The van der Waals surface area contributed by atoms with E-state index in [1.54, 1.807) is 0 Å². The Morgan fingerprint density at radius 3 is 2.48 bits per heavy atom. The predicted molar refractivity (Wildman–Crippen MR) is 129 cm³/mol. The maximum absolute atomic E-state index is 13.1. The van der Waals surface area contributed by atoms with Gasteiger partial charge < -0.3 is 14.5 Å². The van der Waals surface area contributed by atoms with Crippen molar-refractivity contribution in [2.24, 2.45) is 0 Å². The van der Waals surface area contributed by atoms with Crippen molar-refractivity contribution in [3.8, 4) is 11.6 Å². The lowest BCUT2D eigenvalue weighted by atomic mass is 10.0. The highest BCUT2D eigenvalue weighted by atomic mass is 16.5. The van der Waals surface area contributed by atoms with Gasteiger partial charge in [-0.3, -0.25) is 4.79 Å². The number of aryl methyl sites for hydroxylation is 1. The van der Waals surface area contributed by atoms with Gasteiger partial charge in [-0.25, -0.2) is 4.98 Å². The summed E-state index contributed by atoms with van der Waals surface area (Å²) < 4.78 is 6.37. The van der Waals surface area contributed by atoms with Crippen LogP contribution < -0.4 is 9.64 Å². The van der Waals surface area contributed by atoms with Crippen LogP contribution in [0.4, 0.5) is 5.95 Å². The molecule has 170 valence electrons. The number of hydrogen-bond acceptors (Lipinski definition) is 5. The monoisotopic (exact) mass is 442 g/mol. The van der Waals surface area contributed by atoms with E-state index in [0.717, 1.165) is 60.0 Å². The zero-order chi connectivity index (χ0) is 22.6. The first-order valence-electron chi connectivity index (χ1n) is 11.9. The number of ether oxygens (including phenoxy) is 1. The fourth-order valence-corrected chi connectivity index (χ4v) is 4.56. The molecule has 0 radical (unpaired) electrons. The Morgan fingerprint density at radius 1 is 0.939 bits per heavy atom. The van der Waals surface area contributed by atoms with Crippen molar-refractivity contribution in [2.45, 2.75) is 45.6 Å². The molecule has 3 heterocycles. The fourth-order valence-electron chi connectivity index (χ4n) is 4.56. The summed E-state index contributed by atoms with van der Waals surface area (Å²) >= 11 is 0. The van der Waals surface area contributed by atoms with Gasteiger partial charge in [-0.15, -0.1) is 0 Å². The van der Waals surface area contributed by atoms with E-state index in [4.69, 9.17) is 14.7 Å². The molecule has 5 rings (SSSR count). The lowest BCUT2D eigenvalue weighted by Crippen LogP contribution is -2.38. The zero-order valence-electron chi connectivity index (χ0n) is 19.2. The molecule has 0 N–H and O–H groups in total. The minimum atomic E-state index is 0.119. The van der Waals surface area contributed by atoms with Gasteiger partial charge in [-0.2, -0.15) is 4.98 Å². The first-order valence-corrected chi connectivity index (χ1v) is 11.9. The number of nitrogens with zero attached hydrogens (tertiary/aromatic N) is 4. The number of piperidine rings is 1. The summed E-state index contributed by atoms with van der Waals surface area (Å²) in [4.78, 5) is 27.0. The molecule has 2 aliphatic heterocycles. The molecular weight excluding hydrogens is 412 g/mol. The van der Waals surface area contributed by atoms with Gasteiger partial charge >= 0.3 is 0 Å². The van der Waals surface area contributed by atoms with Gasteiger partial charge in [-0.05, 0) is 43.4 Å². The number of anilines is 1. The van der Waals surface area contributed by atoms with Crippen LogP contribution in [0.1, 0.15) is 41.6 Å². The number of benzene rings is 2. The Kier molecular flexibility index (Phi) is 6.24. The first-order chi connectivity index (χ1) is 16.2. The Morgan fingerprint density at radius 2 is 1.70 bits per heavy atom. The van der Waals surface area contributed by atoms with Crippen LogP contribution in [0.3, 0.4) is 0 Å². The molecule has 0 spiro atoms. The lowest BCUT2D eigenvalue weighted by Gasteiger charge is -2.32. The second-order valence-electron chi connectivity index (χ2n) is 8.90. The van der Waals surface area contributed by atoms with E-state index in [0.29, 0.717) is 31.8 Å². The minimum absolute atomic E-state index is 0.119. The van der Waals surface area contributed by atoms with Crippen LogP contribution in [-0.2, 0) is 24.2 Å². The van der Waals surface area contributed by atoms with Gasteiger partial charge in [0.1, 0.15) is 5.75 Å². The summed E-state index contributed by atoms with van der Waals surface area (Å²) in [6, 6.07) is 17.9. The Hall–Kier alpha value is -3.41. The second kappa shape index (κ2) is 9.61. The van der Waals surface area contributed by atoms with Crippen molar-refractivity contribution >= 4 is 11.9 Å². The Bertz CT molecular complexity index is 1130. The van der Waals surface area contributed by atoms with Crippen LogP contribution in [0.25, 0.3) is 0 Å². The van der Waals surface area contributed by atoms with Gasteiger partial charge in [0, 0.05) is 26.1 Å². The van der Waals surface area contributed by atoms with E-state index in [2.05, 4.69) is 4.90 Å². The zero-order valence-corrected chi connectivity index (χ0v) is 19.2. The van der Waals surface area contributed by atoms with E-state index >= 15 is 0 Å². The molecule has 0 bridgehead atoms. The third kappa shape index (κ3) is 4.85. The van der Waals surface area contributed by atoms with E-state index < -0.39 is 0 Å². The topological polar surface area (TPSA) is 58.6 Å². The largest absolute Gasteiger partial charge is 0.438 e. The first kappa shape index (κ1) is 21.4. The number of amides is 1. The van der Waals surface area contributed by atoms with Crippen molar-refractivity contribution in [1.82, 2.24) is 14.9 Å². The SMILES string of the molecule is Cc1ccccc1Oc1nc(N2CCCCC2)nc2c1CN(C(=O)Cc1ccccc1)CC2. The lowest BCUT2D eigenvalue weighted by molar-refractivity contribution is -0.131. The third-order valence-corrected chi connectivity index (χ3v) is 6.50. The van der Waals surface area contributed by atoms with Crippen molar-refractivity contribution in [1.29, 1.82) is 0 Å². The maximum atomic E-state index is 13.1. The second-order valence-corrected chi connectivity index (χ2v) is 8.90. The van der Waals surface area contributed by atoms with E-state index in [1.807, 2.05) is 66.4 Å². The minimum Gasteiger partial charge on any atom is -0.438 e. The third-order valence-electron chi connectivity index (χ3n) is 6.50. The van der Waals surface area contributed by atoms with Crippen LogP contribution in [0, 0.1) is 6.92 Å². The van der Waals surface area contributed by atoms with Crippen molar-refractivity contribution in [3.05, 3.63) is 77.0 Å². The molecule has 1 saturated heterocycles. The molecule has 1 fully saturated rings. The summed E-state index contributed by atoms with van der Waals surface area (Å²) in [5.41, 5.74) is 4.00. The van der Waals surface area contributed by atoms with Crippen LogP contribution in [0.5, 0.6) is 11.6 Å². The predicted octanol–water partition coefficient (Wildman–Crippen LogP) is 4.70. The highest BCUT2D eigenvalue weighted by molar-refractivity contribution is 5.79. The molecule has 6 heteroatoms. The molecule has 1 amide bonds. The van der Waals surface area contributed by atoms with Crippen molar-refractivity contribution in [3.63, 3.8) is 0 Å². The summed E-state index contributed by atoms with van der Waals surface area (Å²) in [7, 11) is 0.